The van der Waals surface area contributed by atoms with Gasteiger partial charge in [-0.1, -0.05) is 0 Å². The minimum Gasteiger partial charge on any atom is -0.378 e. The summed E-state index contributed by atoms with van der Waals surface area (Å²) in [5.74, 6) is 0.252. The van der Waals surface area contributed by atoms with Crippen LogP contribution in [0.5, 0.6) is 0 Å². The molecule has 1 aliphatic heterocycles. The minimum atomic E-state index is 0.252. The molecule has 4 heteroatoms. The zero-order chi connectivity index (χ0) is 12.7. The summed E-state index contributed by atoms with van der Waals surface area (Å²) in [6.45, 7) is 9.39. The fraction of sp³-hybridized carbons (Fsp3) is 0.923. The van der Waals surface area contributed by atoms with Gasteiger partial charge in [0, 0.05) is 38.7 Å². The van der Waals surface area contributed by atoms with Crippen LogP contribution in [-0.2, 0) is 9.53 Å². The van der Waals surface area contributed by atoms with E-state index in [2.05, 4.69) is 12.2 Å². The third-order valence-electron chi connectivity index (χ3n) is 3.37. The van der Waals surface area contributed by atoms with E-state index in [0.717, 1.165) is 39.1 Å². The summed E-state index contributed by atoms with van der Waals surface area (Å²) >= 11 is 0. The van der Waals surface area contributed by atoms with Crippen molar-refractivity contribution in [2.45, 2.75) is 52.2 Å². The van der Waals surface area contributed by atoms with Gasteiger partial charge in [0.25, 0.3) is 0 Å². The van der Waals surface area contributed by atoms with Gasteiger partial charge in [-0.25, -0.2) is 0 Å². The van der Waals surface area contributed by atoms with E-state index in [9.17, 15) is 4.79 Å². The molecule has 1 heterocycles. The maximum atomic E-state index is 11.8. The van der Waals surface area contributed by atoms with Gasteiger partial charge in [0.1, 0.15) is 0 Å². The molecule has 1 saturated heterocycles. The molecule has 0 bridgehead atoms. The average Bonchev–Trinajstić information content (AvgIpc) is 2.30. The smallest absolute Gasteiger partial charge is 0.223 e. The van der Waals surface area contributed by atoms with Crippen LogP contribution in [0.25, 0.3) is 0 Å². The SMILES string of the molecule is CCN(CC)C(=O)CCNC1CCOC(C)C1. The number of ether oxygens (including phenoxy) is 1. The summed E-state index contributed by atoms with van der Waals surface area (Å²) in [4.78, 5) is 13.7. The highest BCUT2D eigenvalue weighted by atomic mass is 16.5. The Bertz CT molecular complexity index is 229. The van der Waals surface area contributed by atoms with Gasteiger partial charge in [-0.3, -0.25) is 4.79 Å². The van der Waals surface area contributed by atoms with Gasteiger partial charge < -0.3 is 15.0 Å². The van der Waals surface area contributed by atoms with E-state index < -0.39 is 0 Å². The van der Waals surface area contributed by atoms with Crippen molar-refractivity contribution in [3.8, 4) is 0 Å². The first-order valence-corrected chi connectivity index (χ1v) is 6.80. The maximum absolute atomic E-state index is 11.8. The zero-order valence-electron chi connectivity index (χ0n) is 11.4. The molecule has 1 N–H and O–H groups in total. The van der Waals surface area contributed by atoms with Crippen LogP contribution in [0.15, 0.2) is 0 Å². The Morgan fingerprint density at radius 3 is 2.71 bits per heavy atom. The van der Waals surface area contributed by atoms with E-state index in [4.69, 9.17) is 4.74 Å². The van der Waals surface area contributed by atoms with Gasteiger partial charge >= 0.3 is 0 Å². The topological polar surface area (TPSA) is 41.6 Å². The van der Waals surface area contributed by atoms with Crippen molar-refractivity contribution in [3.05, 3.63) is 0 Å². The van der Waals surface area contributed by atoms with E-state index in [0.29, 0.717) is 18.6 Å². The van der Waals surface area contributed by atoms with E-state index >= 15 is 0 Å². The van der Waals surface area contributed by atoms with Gasteiger partial charge in [0.05, 0.1) is 6.10 Å². The lowest BCUT2D eigenvalue weighted by atomic mass is 10.0. The van der Waals surface area contributed by atoms with Gasteiger partial charge in [0.15, 0.2) is 0 Å². The van der Waals surface area contributed by atoms with Crippen molar-refractivity contribution < 1.29 is 9.53 Å². The fourth-order valence-corrected chi connectivity index (χ4v) is 2.30. The van der Waals surface area contributed by atoms with E-state index in [1.807, 2.05) is 18.7 Å². The number of nitrogens with zero attached hydrogens (tertiary/aromatic N) is 1. The summed E-state index contributed by atoms with van der Waals surface area (Å²) in [6, 6.07) is 0.517. The molecule has 1 amide bonds. The van der Waals surface area contributed by atoms with Crippen LogP contribution in [0.2, 0.25) is 0 Å². The first-order valence-electron chi connectivity index (χ1n) is 6.80. The highest BCUT2D eigenvalue weighted by molar-refractivity contribution is 5.76. The molecule has 100 valence electrons. The van der Waals surface area contributed by atoms with Crippen molar-refractivity contribution in [1.82, 2.24) is 10.2 Å². The first kappa shape index (κ1) is 14.5. The number of hydrogen-bond acceptors (Lipinski definition) is 3. The Morgan fingerprint density at radius 2 is 2.12 bits per heavy atom. The number of nitrogens with one attached hydrogen (secondary N) is 1. The zero-order valence-corrected chi connectivity index (χ0v) is 11.4. The third-order valence-corrected chi connectivity index (χ3v) is 3.37. The number of carbonyl (C=O) groups excluding carboxylic acids is 1. The van der Waals surface area contributed by atoms with Crippen LogP contribution >= 0.6 is 0 Å². The second kappa shape index (κ2) is 7.67. The van der Waals surface area contributed by atoms with Gasteiger partial charge in [0.2, 0.25) is 5.91 Å². The lowest BCUT2D eigenvalue weighted by molar-refractivity contribution is -0.130. The van der Waals surface area contributed by atoms with Crippen molar-refractivity contribution in [1.29, 1.82) is 0 Å². The molecular formula is C13H26N2O2. The van der Waals surface area contributed by atoms with Crippen molar-refractivity contribution >= 4 is 5.91 Å². The Hall–Kier alpha value is -0.610. The molecule has 1 rings (SSSR count). The standard InChI is InChI=1S/C13H26N2O2/c1-4-15(5-2)13(16)6-8-14-12-7-9-17-11(3)10-12/h11-12,14H,4-10H2,1-3H3. The Kier molecular flexibility index (Phi) is 6.52. The number of amides is 1. The predicted molar refractivity (Wildman–Crippen MR) is 69.0 cm³/mol. The normalized spacial score (nSPS) is 24.6. The summed E-state index contributed by atoms with van der Waals surface area (Å²) in [5, 5.41) is 3.46. The molecule has 0 aliphatic carbocycles. The monoisotopic (exact) mass is 242 g/mol. The van der Waals surface area contributed by atoms with Crippen molar-refractivity contribution in [2.24, 2.45) is 0 Å². The lowest BCUT2D eigenvalue weighted by Crippen LogP contribution is -2.40. The second-order valence-electron chi connectivity index (χ2n) is 4.67. The molecule has 0 aromatic rings. The van der Waals surface area contributed by atoms with Crippen LogP contribution in [0.3, 0.4) is 0 Å². The Morgan fingerprint density at radius 1 is 1.41 bits per heavy atom. The Balaban J connectivity index is 2.16. The highest BCUT2D eigenvalue weighted by Crippen LogP contribution is 2.12. The highest BCUT2D eigenvalue weighted by Gasteiger charge is 2.19. The quantitative estimate of drug-likeness (QED) is 0.765. The molecule has 2 unspecified atom stereocenters. The maximum Gasteiger partial charge on any atom is 0.223 e. The number of carbonyl (C=O) groups is 1. The molecule has 17 heavy (non-hydrogen) atoms. The van der Waals surface area contributed by atoms with Gasteiger partial charge in [-0.15, -0.1) is 0 Å². The van der Waals surface area contributed by atoms with Crippen molar-refractivity contribution in [2.75, 3.05) is 26.2 Å². The molecule has 4 nitrogen and oxygen atoms in total. The Labute approximate surface area is 105 Å². The molecule has 0 radical (unpaired) electrons. The fourth-order valence-electron chi connectivity index (χ4n) is 2.30. The molecule has 2 atom stereocenters. The lowest BCUT2D eigenvalue weighted by Gasteiger charge is -2.28. The third kappa shape index (κ3) is 5.04. The van der Waals surface area contributed by atoms with Gasteiger partial charge in [-0.05, 0) is 33.6 Å². The van der Waals surface area contributed by atoms with Gasteiger partial charge in [-0.2, -0.15) is 0 Å². The van der Waals surface area contributed by atoms with E-state index in [1.54, 1.807) is 0 Å². The molecule has 0 aromatic heterocycles. The molecule has 1 aliphatic rings. The van der Waals surface area contributed by atoms with Crippen LogP contribution in [-0.4, -0.2) is 49.2 Å². The summed E-state index contributed by atoms with van der Waals surface area (Å²) in [6.07, 6.45) is 3.07. The van der Waals surface area contributed by atoms with Crippen LogP contribution in [0, 0.1) is 0 Å². The van der Waals surface area contributed by atoms with E-state index in [-0.39, 0.29) is 5.91 Å². The van der Waals surface area contributed by atoms with Crippen molar-refractivity contribution in [3.63, 3.8) is 0 Å². The number of hydrogen-bond donors (Lipinski definition) is 1. The molecule has 1 fully saturated rings. The molecular weight excluding hydrogens is 216 g/mol. The summed E-state index contributed by atoms with van der Waals surface area (Å²) in [7, 11) is 0. The largest absolute Gasteiger partial charge is 0.378 e. The second-order valence-corrected chi connectivity index (χ2v) is 4.67. The van der Waals surface area contributed by atoms with Crippen LogP contribution in [0.4, 0.5) is 0 Å². The summed E-state index contributed by atoms with van der Waals surface area (Å²) < 4.78 is 5.49. The first-order chi connectivity index (χ1) is 8.17. The minimum absolute atomic E-state index is 0.252. The molecule has 0 saturated carbocycles. The molecule has 0 aromatic carbocycles. The predicted octanol–water partition coefficient (Wildman–Crippen LogP) is 1.40. The van der Waals surface area contributed by atoms with Crippen LogP contribution in [0.1, 0.15) is 40.0 Å². The number of rotatable bonds is 6. The molecule has 0 spiro atoms. The summed E-state index contributed by atoms with van der Waals surface area (Å²) in [5.41, 5.74) is 0. The average molecular weight is 242 g/mol. The van der Waals surface area contributed by atoms with Crippen LogP contribution < -0.4 is 5.32 Å². The van der Waals surface area contributed by atoms with E-state index in [1.165, 1.54) is 0 Å².